The number of carbonyl (C=O) groups excluding carboxylic acids is 1. The Hall–Kier alpha value is -3.63. The fourth-order valence-corrected chi connectivity index (χ4v) is 5.20. The number of nitrogens with one attached hydrogen (secondary N) is 3. The van der Waals surface area contributed by atoms with Crippen LogP contribution in [0.2, 0.25) is 5.02 Å². The van der Waals surface area contributed by atoms with Crippen molar-refractivity contribution in [2.24, 2.45) is 0 Å². The summed E-state index contributed by atoms with van der Waals surface area (Å²) in [6.45, 7) is 0.0247. The molecule has 190 valence electrons. The number of anilines is 2. The monoisotopic (exact) mass is 520 g/mol. The second-order valence-electron chi connectivity index (χ2n) is 9.33. The number of para-hydroxylation sites is 1. The smallest absolute Gasteiger partial charge is 0.252 e. The zero-order valence-corrected chi connectivity index (χ0v) is 20.5. The van der Waals surface area contributed by atoms with Crippen LogP contribution >= 0.6 is 11.6 Å². The van der Waals surface area contributed by atoms with E-state index in [1.54, 1.807) is 30.6 Å². The molecule has 1 spiro atoms. The summed E-state index contributed by atoms with van der Waals surface area (Å²) in [4.78, 5) is 20.6. The Morgan fingerprint density at radius 3 is 2.76 bits per heavy atom. The first-order chi connectivity index (χ1) is 18.0. The van der Waals surface area contributed by atoms with Crippen LogP contribution in [0.1, 0.15) is 30.1 Å². The van der Waals surface area contributed by atoms with Gasteiger partial charge in [0.1, 0.15) is 28.8 Å². The Balaban J connectivity index is 1.34. The standard InChI is InChI=1S/C27H25ClN4O5/c28-20-10-16(37-15-4-2-1-3-5-15)6-7-18(20)24(34)19-11-29-25-22(19)23-21(12-30-25)31-26(35)27(32-23)9-8-17(13-33)36-14-27/h1-7,10-12,17,24,32-34H,8-9,13-14H2,(H,29,30)(H,31,35). The number of ether oxygens (including phenoxy) is 2. The highest BCUT2D eigenvalue weighted by Gasteiger charge is 2.46. The highest BCUT2D eigenvalue weighted by Crippen LogP contribution is 2.43. The molecule has 1 fully saturated rings. The molecule has 1 saturated heterocycles. The van der Waals surface area contributed by atoms with E-state index in [4.69, 9.17) is 21.1 Å². The predicted octanol–water partition coefficient (Wildman–Crippen LogP) is 4.36. The van der Waals surface area contributed by atoms with Crippen molar-refractivity contribution in [1.29, 1.82) is 0 Å². The van der Waals surface area contributed by atoms with Crippen molar-refractivity contribution in [1.82, 2.24) is 9.97 Å². The van der Waals surface area contributed by atoms with Crippen LogP contribution in [0.3, 0.4) is 0 Å². The van der Waals surface area contributed by atoms with Crippen molar-refractivity contribution in [2.75, 3.05) is 23.8 Å². The van der Waals surface area contributed by atoms with Crippen molar-refractivity contribution in [3.8, 4) is 11.5 Å². The molecule has 3 atom stereocenters. The van der Waals surface area contributed by atoms with Crippen molar-refractivity contribution < 1.29 is 24.5 Å². The maximum atomic E-state index is 13.0. The minimum atomic E-state index is -1.07. The van der Waals surface area contributed by atoms with Crippen molar-refractivity contribution in [3.05, 3.63) is 77.1 Å². The number of pyridine rings is 1. The summed E-state index contributed by atoms with van der Waals surface area (Å²) in [7, 11) is 0. The molecular weight excluding hydrogens is 496 g/mol. The molecule has 3 unspecified atom stereocenters. The van der Waals surface area contributed by atoms with Gasteiger partial charge in [0.15, 0.2) is 0 Å². The molecule has 4 aromatic rings. The third-order valence-corrected chi connectivity index (χ3v) is 7.31. The summed E-state index contributed by atoms with van der Waals surface area (Å²) in [5.41, 5.74) is 1.78. The van der Waals surface area contributed by atoms with E-state index in [2.05, 4.69) is 20.6 Å². The van der Waals surface area contributed by atoms with E-state index < -0.39 is 11.6 Å². The zero-order valence-electron chi connectivity index (χ0n) is 19.7. The minimum Gasteiger partial charge on any atom is -0.457 e. The molecule has 0 bridgehead atoms. The molecule has 37 heavy (non-hydrogen) atoms. The quantitative estimate of drug-likeness (QED) is 0.264. The number of H-pyrrole nitrogens is 1. The van der Waals surface area contributed by atoms with Crippen LogP contribution in [0.5, 0.6) is 11.5 Å². The summed E-state index contributed by atoms with van der Waals surface area (Å²) < 4.78 is 11.6. The summed E-state index contributed by atoms with van der Waals surface area (Å²) in [6, 6.07) is 14.5. The highest BCUT2D eigenvalue weighted by molar-refractivity contribution is 6.31. The second kappa shape index (κ2) is 9.35. The topological polar surface area (TPSA) is 129 Å². The SMILES string of the molecule is O=C1Nc2cnc3[nH]cc(C(O)c4ccc(Oc5ccccc5)cc4Cl)c3c2NC12CCC(CO)OC2. The number of rotatable bonds is 5. The van der Waals surface area contributed by atoms with Gasteiger partial charge in [0, 0.05) is 17.3 Å². The van der Waals surface area contributed by atoms with E-state index >= 15 is 0 Å². The minimum absolute atomic E-state index is 0.0907. The number of aromatic nitrogens is 2. The van der Waals surface area contributed by atoms with Gasteiger partial charge in [0.25, 0.3) is 5.91 Å². The second-order valence-corrected chi connectivity index (χ2v) is 9.74. The number of amides is 1. The fraction of sp³-hybridized carbons (Fsp3) is 0.259. The number of halogens is 1. The van der Waals surface area contributed by atoms with Gasteiger partial charge >= 0.3 is 0 Å². The van der Waals surface area contributed by atoms with Crippen LogP contribution in [0.25, 0.3) is 11.0 Å². The molecular formula is C27H25ClN4O5. The largest absolute Gasteiger partial charge is 0.457 e. The number of carbonyl (C=O) groups is 1. The van der Waals surface area contributed by atoms with Gasteiger partial charge < -0.3 is 35.3 Å². The highest BCUT2D eigenvalue weighted by atomic mass is 35.5. The van der Waals surface area contributed by atoms with E-state index in [1.807, 2.05) is 30.3 Å². The predicted molar refractivity (Wildman–Crippen MR) is 139 cm³/mol. The van der Waals surface area contributed by atoms with Crippen LogP contribution in [-0.4, -0.2) is 50.9 Å². The molecule has 0 saturated carbocycles. The van der Waals surface area contributed by atoms with Gasteiger partial charge in [-0.1, -0.05) is 35.9 Å². The number of fused-ring (bicyclic) bond motifs is 3. The van der Waals surface area contributed by atoms with Gasteiger partial charge in [0.2, 0.25) is 0 Å². The molecule has 4 heterocycles. The lowest BCUT2D eigenvalue weighted by atomic mass is 9.86. The first-order valence-corrected chi connectivity index (χ1v) is 12.4. The van der Waals surface area contributed by atoms with Crippen molar-refractivity contribution >= 4 is 39.9 Å². The maximum absolute atomic E-state index is 13.0. The lowest BCUT2D eigenvalue weighted by Gasteiger charge is -2.42. The van der Waals surface area contributed by atoms with Crippen LogP contribution in [-0.2, 0) is 9.53 Å². The van der Waals surface area contributed by atoms with E-state index in [9.17, 15) is 15.0 Å². The average Bonchev–Trinajstić information content (AvgIpc) is 3.35. The Morgan fingerprint density at radius 1 is 1.19 bits per heavy atom. The van der Waals surface area contributed by atoms with Crippen molar-refractivity contribution in [3.63, 3.8) is 0 Å². The number of hydrogen-bond donors (Lipinski definition) is 5. The lowest BCUT2D eigenvalue weighted by molar-refractivity contribution is -0.128. The van der Waals surface area contributed by atoms with Crippen LogP contribution in [0.4, 0.5) is 11.4 Å². The van der Waals surface area contributed by atoms with Gasteiger partial charge in [-0.3, -0.25) is 4.79 Å². The molecule has 0 radical (unpaired) electrons. The Kier molecular flexibility index (Phi) is 6.00. The molecule has 9 nitrogen and oxygen atoms in total. The van der Waals surface area contributed by atoms with Gasteiger partial charge in [-0.25, -0.2) is 4.98 Å². The molecule has 2 aromatic heterocycles. The number of hydrogen-bond acceptors (Lipinski definition) is 7. The van der Waals surface area contributed by atoms with Gasteiger partial charge in [-0.2, -0.15) is 0 Å². The summed E-state index contributed by atoms with van der Waals surface area (Å²) in [5.74, 6) is 1.02. The van der Waals surface area contributed by atoms with E-state index in [0.717, 1.165) is 0 Å². The molecule has 2 aliphatic heterocycles. The molecule has 5 N–H and O–H groups in total. The van der Waals surface area contributed by atoms with E-state index in [1.165, 1.54) is 0 Å². The summed E-state index contributed by atoms with van der Waals surface area (Å²) >= 11 is 6.59. The number of aromatic amines is 1. The third-order valence-electron chi connectivity index (χ3n) is 6.98. The lowest BCUT2D eigenvalue weighted by Crippen LogP contribution is -2.59. The number of aliphatic hydroxyl groups excluding tert-OH is 2. The Labute approximate surface area is 217 Å². The molecule has 6 rings (SSSR count). The molecule has 2 aliphatic rings. The van der Waals surface area contributed by atoms with Gasteiger partial charge in [-0.15, -0.1) is 0 Å². The number of aliphatic hydroxyl groups is 2. The Bertz CT molecular complexity index is 1470. The van der Waals surface area contributed by atoms with Crippen LogP contribution in [0, 0.1) is 0 Å². The summed E-state index contributed by atoms with van der Waals surface area (Å²) in [6.07, 6.45) is 2.93. The van der Waals surface area contributed by atoms with Crippen LogP contribution < -0.4 is 15.4 Å². The average molecular weight is 521 g/mol. The van der Waals surface area contributed by atoms with Gasteiger partial charge in [0.05, 0.1) is 47.3 Å². The van der Waals surface area contributed by atoms with E-state index in [0.29, 0.717) is 62.9 Å². The first-order valence-electron chi connectivity index (χ1n) is 12.0. The van der Waals surface area contributed by atoms with Crippen LogP contribution in [0.15, 0.2) is 60.9 Å². The molecule has 0 aliphatic carbocycles. The molecule has 1 amide bonds. The fourth-order valence-electron chi connectivity index (χ4n) is 4.93. The number of benzene rings is 2. The molecule has 2 aromatic carbocycles. The van der Waals surface area contributed by atoms with Gasteiger partial charge in [-0.05, 0) is 37.1 Å². The third kappa shape index (κ3) is 4.19. The maximum Gasteiger partial charge on any atom is 0.252 e. The first kappa shape index (κ1) is 23.7. The number of nitrogens with zero attached hydrogens (tertiary/aromatic N) is 1. The Morgan fingerprint density at radius 2 is 2.03 bits per heavy atom. The van der Waals surface area contributed by atoms with E-state index in [-0.39, 0.29) is 25.2 Å². The zero-order chi connectivity index (χ0) is 25.6. The summed E-state index contributed by atoms with van der Waals surface area (Å²) in [5, 5.41) is 28.2. The molecule has 10 heteroatoms. The normalized spacial score (nSPS) is 21.8. The van der Waals surface area contributed by atoms with Crippen molar-refractivity contribution in [2.45, 2.75) is 30.6 Å².